The van der Waals surface area contributed by atoms with Crippen molar-refractivity contribution in [3.05, 3.63) is 29.6 Å². The van der Waals surface area contributed by atoms with E-state index in [1.807, 2.05) is 18.7 Å². The second-order valence-corrected chi connectivity index (χ2v) is 4.95. The van der Waals surface area contributed by atoms with Crippen molar-refractivity contribution in [3.8, 4) is 5.75 Å². The van der Waals surface area contributed by atoms with Crippen LogP contribution in [0.1, 0.15) is 19.4 Å². The summed E-state index contributed by atoms with van der Waals surface area (Å²) >= 11 is 4.90. The molecule has 18 heavy (non-hydrogen) atoms. The Morgan fingerprint density at radius 1 is 1.50 bits per heavy atom. The fraction of sp³-hybridized carbons (Fsp3) is 0.462. The van der Waals surface area contributed by atoms with Crippen LogP contribution < -0.4 is 10.5 Å². The zero-order valence-electron chi connectivity index (χ0n) is 10.9. The Bertz CT molecular complexity index is 423. The summed E-state index contributed by atoms with van der Waals surface area (Å²) in [7, 11) is 1.52. The third kappa shape index (κ3) is 4.23. The van der Waals surface area contributed by atoms with E-state index in [1.165, 1.54) is 13.2 Å². The average molecular weight is 270 g/mol. The number of thiocarbonyl (C=S) groups is 1. The molecule has 0 aromatic heterocycles. The highest BCUT2D eigenvalue weighted by atomic mass is 32.1. The van der Waals surface area contributed by atoms with Crippen LogP contribution in [0.15, 0.2) is 18.2 Å². The Hall–Kier alpha value is -1.20. The quantitative estimate of drug-likeness (QED) is 0.805. The molecule has 0 saturated carbocycles. The summed E-state index contributed by atoms with van der Waals surface area (Å²) in [5.41, 5.74) is 6.16. The third-order valence-corrected chi connectivity index (χ3v) is 2.85. The minimum atomic E-state index is -0.275. The maximum Gasteiger partial charge on any atom is 0.131 e. The van der Waals surface area contributed by atoms with Gasteiger partial charge in [-0.3, -0.25) is 4.90 Å². The van der Waals surface area contributed by atoms with Crippen LogP contribution in [0.4, 0.5) is 4.39 Å². The normalized spacial score (nSPS) is 11.0. The summed E-state index contributed by atoms with van der Waals surface area (Å²) in [4.78, 5) is 2.44. The van der Waals surface area contributed by atoms with E-state index < -0.39 is 0 Å². The van der Waals surface area contributed by atoms with Crippen LogP contribution >= 0.6 is 12.2 Å². The van der Waals surface area contributed by atoms with Crippen molar-refractivity contribution in [1.29, 1.82) is 0 Å². The summed E-state index contributed by atoms with van der Waals surface area (Å²) in [6.07, 6.45) is 0. The lowest BCUT2D eigenvalue weighted by molar-refractivity contribution is 0.242. The van der Waals surface area contributed by atoms with Crippen molar-refractivity contribution in [2.75, 3.05) is 13.7 Å². The predicted molar refractivity (Wildman–Crippen MR) is 75.3 cm³/mol. The molecule has 1 aromatic carbocycles. The highest BCUT2D eigenvalue weighted by molar-refractivity contribution is 7.80. The van der Waals surface area contributed by atoms with E-state index in [9.17, 15) is 4.39 Å². The summed E-state index contributed by atoms with van der Waals surface area (Å²) < 4.78 is 18.8. The number of ether oxygens (including phenoxy) is 1. The molecular formula is C13H19FN2OS. The number of hydrogen-bond acceptors (Lipinski definition) is 3. The zero-order chi connectivity index (χ0) is 13.7. The SMILES string of the molecule is COc1ccc(CN(CC(N)=S)C(C)C)c(F)c1. The second kappa shape index (κ2) is 6.66. The van der Waals surface area contributed by atoms with Gasteiger partial charge in [0.2, 0.25) is 0 Å². The molecule has 0 radical (unpaired) electrons. The summed E-state index contributed by atoms with van der Waals surface area (Å²) in [5, 5.41) is 0. The van der Waals surface area contributed by atoms with Crippen molar-refractivity contribution in [3.63, 3.8) is 0 Å². The molecule has 3 nitrogen and oxygen atoms in total. The van der Waals surface area contributed by atoms with E-state index in [1.54, 1.807) is 12.1 Å². The Kier molecular flexibility index (Phi) is 5.50. The molecular weight excluding hydrogens is 251 g/mol. The summed E-state index contributed by atoms with van der Waals surface area (Å²) in [5.74, 6) is 0.240. The van der Waals surface area contributed by atoms with Gasteiger partial charge in [-0.25, -0.2) is 4.39 Å². The number of hydrogen-bond donors (Lipinski definition) is 1. The van der Waals surface area contributed by atoms with Gasteiger partial charge in [0.1, 0.15) is 11.6 Å². The average Bonchev–Trinajstić information content (AvgIpc) is 2.29. The third-order valence-electron chi connectivity index (χ3n) is 2.72. The van der Waals surface area contributed by atoms with Gasteiger partial charge in [-0.1, -0.05) is 18.3 Å². The number of rotatable bonds is 6. The van der Waals surface area contributed by atoms with E-state index in [4.69, 9.17) is 22.7 Å². The molecule has 0 aliphatic heterocycles. The van der Waals surface area contributed by atoms with Gasteiger partial charge in [0.05, 0.1) is 12.1 Å². The first-order chi connectivity index (χ1) is 8.43. The first kappa shape index (κ1) is 14.9. The highest BCUT2D eigenvalue weighted by Crippen LogP contribution is 2.18. The lowest BCUT2D eigenvalue weighted by Crippen LogP contribution is -2.37. The van der Waals surface area contributed by atoms with Gasteiger partial charge in [-0.05, 0) is 19.9 Å². The predicted octanol–water partition coefficient (Wildman–Crippen LogP) is 2.33. The molecule has 0 heterocycles. The smallest absolute Gasteiger partial charge is 0.131 e. The molecule has 0 bridgehead atoms. The molecule has 1 rings (SSSR count). The molecule has 5 heteroatoms. The fourth-order valence-corrected chi connectivity index (χ4v) is 1.79. The van der Waals surface area contributed by atoms with Crippen LogP contribution in [-0.4, -0.2) is 29.6 Å². The molecule has 0 saturated heterocycles. The molecule has 0 unspecified atom stereocenters. The van der Waals surface area contributed by atoms with Gasteiger partial charge in [0.15, 0.2) is 0 Å². The topological polar surface area (TPSA) is 38.5 Å². The molecule has 0 aliphatic carbocycles. The lowest BCUT2D eigenvalue weighted by atomic mass is 10.1. The number of methoxy groups -OCH3 is 1. The van der Waals surface area contributed by atoms with Crippen LogP contribution in [0.25, 0.3) is 0 Å². The Morgan fingerprint density at radius 2 is 2.17 bits per heavy atom. The van der Waals surface area contributed by atoms with E-state index in [0.717, 1.165) is 0 Å². The molecule has 100 valence electrons. The van der Waals surface area contributed by atoms with Gasteiger partial charge < -0.3 is 10.5 Å². The van der Waals surface area contributed by atoms with Crippen LogP contribution in [-0.2, 0) is 6.54 Å². The van der Waals surface area contributed by atoms with Gasteiger partial charge in [0, 0.05) is 30.8 Å². The monoisotopic (exact) mass is 270 g/mol. The van der Waals surface area contributed by atoms with Crippen molar-refractivity contribution < 1.29 is 9.13 Å². The first-order valence-electron chi connectivity index (χ1n) is 5.78. The van der Waals surface area contributed by atoms with Gasteiger partial charge in [-0.15, -0.1) is 0 Å². The molecule has 0 aliphatic rings. The molecule has 0 atom stereocenters. The standard InChI is InChI=1S/C13H19FN2OS/c1-9(2)16(8-13(15)18)7-10-4-5-11(17-3)6-12(10)14/h4-6,9H,7-8H2,1-3H3,(H2,15,18). The van der Waals surface area contributed by atoms with Gasteiger partial charge in [0.25, 0.3) is 0 Å². The molecule has 0 amide bonds. The largest absolute Gasteiger partial charge is 0.497 e. The van der Waals surface area contributed by atoms with Crippen LogP contribution in [0, 0.1) is 5.82 Å². The first-order valence-corrected chi connectivity index (χ1v) is 6.19. The van der Waals surface area contributed by atoms with Crippen LogP contribution in [0.5, 0.6) is 5.75 Å². The van der Waals surface area contributed by atoms with Gasteiger partial charge >= 0.3 is 0 Å². The molecule has 0 fully saturated rings. The van der Waals surface area contributed by atoms with Crippen molar-refractivity contribution in [1.82, 2.24) is 4.90 Å². The maximum atomic E-state index is 13.8. The van der Waals surface area contributed by atoms with Crippen molar-refractivity contribution in [2.45, 2.75) is 26.4 Å². The molecule has 0 spiro atoms. The second-order valence-electron chi connectivity index (χ2n) is 4.42. The minimum absolute atomic E-state index is 0.244. The van der Waals surface area contributed by atoms with Crippen LogP contribution in [0.2, 0.25) is 0 Å². The van der Waals surface area contributed by atoms with Crippen molar-refractivity contribution >= 4 is 17.2 Å². The van der Waals surface area contributed by atoms with E-state index in [2.05, 4.69) is 0 Å². The summed E-state index contributed by atoms with van der Waals surface area (Å²) in [6.45, 7) is 5.02. The Morgan fingerprint density at radius 3 is 2.61 bits per heavy atom. The number of benzene rings is 1. The number of nitrogens with two attached hydrogens (primary N) is 1. The Balaban J connectivity index is 2.83. The fourth-order valence-electron chi connectivity index (χ4n) is 1.62. The Labute approximate surface area is 113 Å². The molecule has 1 aromatic rings. The maximum absolute atomic E-state index is 13.8. The van der Waals surface area contributed by atoms with E-state index >= 15 is 0 Å². The van der Waals surface area contributed by atoms with Crippen molar-refractivity contribution in [2.24, 2.45) is 5.73 Å². The molecule has 2 N–H and O–H groups in total. The minimum Gasteiger partial charge on any atom is -0.497 e. The zero-order valence-corrected chi connectivity index (χ0v) is 11.8. The number of halogens is 1. The highest BCUT2D eigenvalue weighted by Gasteiger charge is 2.14. The lowest BCUT2D eigenvalue weighted by Gasteiger charge is -2.26. The summed E-state index contributed by atoms with van der Waals surface area (Å²) in [6, 6.07) is 5.10. The van der Waals surface area contributed by atoms with Crippen LogP contribution in [0.3, 0.4) is 0 Å². The van der Waals surface area contributed by atoms with E-state index in [0.29, 0.717) is 29.4 Å². The van der Waals surface area contributed by atoms with E-state index in [-0.39, 0.29) is 11.9 Å². The number of nitrogens with zero attached hydrogens (tertiary/aromatic N) is 1. The van der Waals surface area contributed by atoms with Gasteiger partial charge in [-0.2, -0.15) is 0 Å².